The smallest absolute Gasteiger partial charge is 0.306 e. The summed E-state index contributed by atoms with van der Waals surface area (Å²) in [5.41, 5.74) is 0. The lowest BCUT2D eigenvalue weighted by Gasteiger charge is -2.18. The number of rotatable bonds is 51. The summed E-state index contributed by atoms with van der Waals surface area (Å²) in [5.74, 6) is -0.420. The summed E-state index contributed by atoms with van der Waals surface area (Å²) < 4.78 is 17.4. The number of carbonyl (C=O) groups is 2. The van der Waals surface area contributed by atoms with Crippen LogP contribution in [0.5, 0.6) is 0 Å². The van der Waals surface area contributed by atoms with E-state index in [1.807, 2.05) is 0 Å². The summed E-state index contributed by atoms with van der Waals surface area (Å²) in [6.45, 7) is 7.64. The molecule has 0 saturated heterocycles. The zero-order valence-electron chi connectivity index (χ0n) is 43.7. The van der Waals surface area contributed by atoms with Crippen molar-refractivity contribution in [1.82, 2.24) is 0 Å². The highest BCUT2D eigenvalue weighted by molar-refractivity contribution is 5.70. The van der Waals surface area contributed by atoms with Crippen molar-refractivity contribution in [2.75, 3.05) is 19.8 Å². The standard InChI is InChI=1S/C61H106O5/c1-4-7-10-13-16-19-22-25-27-29-31-32-34-37-39-42-45-48-51-54-60(62)65-58-59(66-61(63)55-52-49-46-43-40-36-24-21-18-15-12-9-6-3)57-64-56-53-50-47-44-41-38-35-33-30-28-26-23-20-17-14-11-8-5-2/h8,11,16-17,19-21,24-28,33,35,59H,4-7,9-10,12-15,18,22-23,29-32,34,36-58H2,1-3H3/b11-8-,19-16-,20-17-,24-21-,27-25-,28-26-,35-33-. The Kier molecular flexibility index (Phi) is 53.9. The molecule has 0 aliphatic carbocycles. The van der Waals surface area contributed by atoms with Crippen LogP contribution in [-0.4, -0.2) is 37.9 Å². The third-order valence-corrected chi connectivity index (χ3v) is 11.9. The predicted octanol–water partition coefficient (Wildman–Crippen LogP) is 19.2. The zero-order chi connectivity index (χ0) is 47.7. The van der Waals surface area contributed by atoms with Crippen molar-refractivity contribution in [1.29, 1.82) is 0 Å². The Morgan fingerprint density at radius 2 is 0.682 bits per heavy atom. The first-order chi connectivity index (χ1) is 32.6. The Bertz CT molecular complexity index is 1220. The van der Waals surface area contributed by atoms with Gasteiger partial charge in [-0.25, -0.2) is 0 Å². The third kappa shape index (κ3) is 53.7. The van der Waals surface area contributed by atoms with Gasteiger partial charge in [0.1, 0.15) is 6.61 Å². The summed E-state index contributed by atoms with van der Waals surface area (Å²) in [7, 11) is 0. The predicted molar refractivity (Wildman–Crippen MR) is 288 cm³/mol. The molecule has 0 fully saturated rings. The van der Waals surface area contributed by atoms with Crippen LogP contribution in [0.3, 0.4) is 0 Å². The number of ether oxygens (including phenoxy) is 3. The molecule has 66 heavy (non-hydrogen) atoms. The monoisotopic (exact) mass is 919 g/mol. The van der Waals surface area contributed by atoms with Crippen LogP contribution in [0, 0.1) is 0 Å². The normalized spacial score (nSPS) is 12.8. The van der Waals surface area contributed by atoms with Crippen molar-refractivity contribution < 1.29 is 23.8 Å². The summed E-state index contributed by atoms with van der Waals surface area (Å²) in [4.78, 5) is 25.5. The maximum absolute atomic E-state index is 12.8. The molecule has 0 aliphatic rings. The Hall–Kier alpha value is -2.92. The van der Waals surface area contributed by atoms with Gasteiger partial charge in [-0.3, -0.25) is 9.59 Å². The molecule has 1 atom stereocenters. The number of unbranched alkanes of at least 4 members (excludes halogenated alkanes) is 26. The number of carbonyl (C=O) groups excluding carboxylic acids is 2. The molecule has 0 bridgehead atoms. The molecule has 0 heterocycles. The van der Waals surface area contributed by atoms with Crippen LogP contribution in [-0.2, 0) is 23.8 Å². The third-order valence-electron chi connectivity index (χ3n) is 11.9. The SMILES string of the molecule is CC/C=C\C/C=C\C/C=C\C/C=C\CCCCCCCOCC(COC(=O)CCCCCCCCCCC/C=C\C/C=C\CCCCC)OC(=O)CCCCCCC/C=C\CCCCCC. The van der Waals surface area contributed by atoms with E-state index in [2.05, 4.69) is 106 Å². The Balaban J connectivity index is 4.30. The van der Waals surface area contributed by atoms with Crippen LogP contribution in [0.25, 0.3) is 0 Å². The molecular formula is C61H106O5. The second kappa shape index (κ2) is 56.4. The largest absolute Gasteiger partial charge is 0.462 e. The van der Waals surface area contributed by atoms with Crippen molar-refractivity contribution >= 4 is 11.9 Å². The van der Waals surface area contributed by atoms with E-state index in [9.17, 15) is 9.59 Å². The average molecular weight is 920 g/mol. The van der Waals surface area contributed by atoms with E-state index in [0.717, 1.165) is 96.3 Å². The molecule has 1 unspecified atom stereocenters. The lowest BCUT2D eigenvalue weighted by atomic mass is 10.1. The van der Waals surface area contributed by atoms with Gasteiger partial charge in [0.25, 0.3) is 0 Å². The molecule has 0 amide bonds. The minimum absolute atomic E-state index is 0.0694. The van der Waals surface area contributed by atoms with E-state index in [-0.39, 0.29) is 25.2 Å². The molecule has 0 rings (SSSR count). The average Bonchev–Trinajstić information content (AvgIpc) is 3.32. The van der Waals surface area contributed by atoms with E-state index in [4.69, 9.17) is 14.2 Å². The van der Waals surface area contributed by atoms with Crippen molar-refractivity contribution in [2.24, 2.45) is 0 Å². The minimum Gasteiger partial charge on any atom is -0.462 e. The van der Waals surface area contributed by atoms with Crippen LogP contribution in [0.4, 0.5) is 0 Å². The van der Waals surface area contributed by atoms with Crippen LogP contribution >= 0.6 is 0 Å². The fourth-order valence-corrected chi connectivity index (χ4v) is 7.70. The molecular weight excluding hydrogens is 813 g/mol. The lowest BCUT2D eigenvalue weighted by Crippen LogP contribution is -2.30. The van der Waals surface area contributed by atoms with Gasteiger partial charge in [-0.05, 0) is 116 Å². The van der Waals surface area contributed by atoms with Gasteiger partial charge in [-0.1, -0.05) is 221 Å². The van der Waals surface area contributed by atoms with E-state index in [1.165, 1.54) is 135 Å². The Morgan fingerprint density at radius 3 is 1.14 bits per heavy atom. The highest BCUT2D eigenvalue weighted by atomic mass is 16.6. The fourth-order valence-electron chi connectivity index (χ4n) is 7.70. The fraction of sp³-hybridized carbons (Fsp3) is 0.738. The Labute approximate surface area is 409 Å². The van der Waals surface area contributed by atoms with Crippen molar-refractivity contribution in [2.45, 2.75) is 271 Å². The molecule has 0 N–H and O–H groups in total. The van der Waals surface area contributed by atoms with Crippen LogP contribution in [0.1, 0.15) is 265 Å². The van der Waals surface area contributed by atoms with Crippen molar-refractivity contribution in [3.63, 3.8) is 0 Å². The molecule has 380 valence electrons. The first kappa shape index (κ1) is 63.1. The molecule has 0 radical (unpaired) electrons. The van der Waals surface area contributed by atoms with Crippen LogP contribution in [0.2, 0.25) is 0 Å². The van der Waals surface area contributed by atoms with E-state index in [1.54, 1.807) is 0 Å². The minimum atomic E-state index is -0.556. The summed E-state index contributed by atoms with van der Waals surface area (Å²) in [5, 5.41) is 0. The topological polar surface area (TPSA) is 61.8 Å². The number of hydrogen-bond donors (Lipinski definition) is 0. The number of allylic oxidation sites excluding steroid dienone is 14. The molecule has 0 saturated carbocycles. The lowest BCUT2D eigenvalue weighted by molar-refractivity contribution is -0.163. The highest BCUT2D eigenvalue weighted by Gasteiger charge is 2.17. The van der Waals surface area contributed by atoms with E-state index < -0.39 is 6.10 Å². The first-order valence-corrected chi connectivity index (χ1v) is 28.1. The van der Waals surface area contributed by atoms with Gasteiger partial charge in [-0.15, -0.1) is 0 Å². The van der Waals surface area contributed by atoms with Crippen LogP contribution in [0.15, 0.2) is 85.1 Å². The van der Waals surface area contributed by atoms with Gasteiger partial charge in [0.05, 0.1) is 6.61 Å². The Morgan fingerprint density at radius 1 is 0.348 bits per heavy atom. The van der Waals surface area contributed by atoms with E-state index in [0.29, 0.717) is 19.4 Å². The quantitative estimate of drug-likeness (QED) is 0.0346. The van der Waals surface area contributed by atoms with Gasteiger partial charge in [0.2, 0.25) is 0 Å². The molecule has 0 aromatic rings. The second-order valence-corrected chi connectivity index (χ2v) is 18.4. The molecule has 0 aromatic heterocycles. The van der Waals surface area contributed by atoms with Crippen LogP contribution < -0.4 is 0 Å². The highest BCUT2D eigenvalue weighted by Crippen LogP contribution is 2.14. The molecule has 0 spiro atoms. The second-order valence-electron chi connectivity index (χ2n) is 18.4. The van der Waals surface area contributed by atoms with E-state index >= 15 is 0 Å². The van der Waals surface area contributed by atoms with Gasteiger partial charge >= 0.3 is 11.9 Å². The number of esters is 2. The number of hydrogen-bond acceptors (Lipinski definition) is 5. The maximum atomic E-state index is 12.8. The molecule has 5 heteroatoms. The molecule has 5 nitrogen and oxygen atoms in total. The van der Waals surface area contributed by atoms with Gasteiger partial charge in [-0.2, -0.15) is 0 Å². The zero-order valence-corrected chi connectivity index (χ0v) is 43.7. The van der Waals surface area contributed by atoms with Gasteiger partial charge in [0.15, 0.2) is 6.10 Å². The van der Waals surface area contributed by atoms with Gasteiger partial charge < -0.3 is 14.2 Å². The van der Waals surface area contributed by atoms with Crippen molar-refractivity contribution in [3.8, 4) is 0 Å². The molecule has 0 aliphatic heterocycles. The summed E-state index contributed by atoms with van der Waals surface area (Å²) >= 11 is 0. The molecule has 0 aromatic carbocycles. The van der Waals surface area contributed by atoms with Crippen molar-refractivity contribution in [3.05, 3.63) is 85.1 Å². The van der Waals surface area contributed by atoms with Gasteiger partial charge in [0, 0.05) is 19.4 Å². The summed E-state index contributed by atoms with van der Waals surface area (Å²) in [6.07, 6.45) is 74.5. The maximum Gasteiger partial charge on any atom is 0.306 e. The first-order valence-electron chi connectivity index (χ1n) is 28.1. The summed E-state index contributed by atoms with van der Waals surface area (Å²) in [6, 6.07) is 0.